The van der Waals surface area contributed by atoms with Crippen LogP contribution in [0.1, 0.15) is 0 Å². The van der Waals surface area contributed by atoms with Gasteiger partial charge in [-0.15, -0.1) is 0 Å². The van der Waals surface area contributed by atoms with Crippen molar-refractivity contribution in [2.75, 3.05) is 0 Å². The molecule has 0 amide bonds. The first-order valence-corrected chi connectivity index (χ1v) is 7.93. The van der Waals surface area contributed by atoms with Crippen molar-refractivity contribution >= 4 is 31.9 Å². The quantitative estimate of drug-likeness (QED) is 0.467. The second-order valence-electron chi connectivity index (χ2n) is 4.56. The molecule has 20 heavy (non-hydrogen) atoms. The molecule has 0 aliphatic carbocycles. The molecule has 3 aromatic carbocycles. The Morgan fingerprint density at radius 2 is 1.10 bits per heavy atom. The van der Waals surface area contributed by atoms with Gasteiger partial charge in [-0.3, -0.25) is 0 Å². The highest BCUT2D eigenvalue weighted by molar-refractivity contribution is 9.10. The molecule has 0 saturated heterocycles. The monoisotopic (exact) mass is 386 g/mol. The molecule has 0 bridgehead atoms. The van der Waals surface area contributed by atoms with Crippen LogP contribution in [0, 0.1) is 0 Å². The summed E-state index contributed by atoms with van der Waals surface area (Å²) in [5.74, 6) is 0. The fourth-order valence-corrected chi connectivity index (χ4v) is 2.88. The molecule has 0 spiro atoms. The lowest BCUT2D eigenvalue weighted by Crippen LogP contribution is -1.85. The largest absolute Gasteiger partial charge is 0.0622 e. The van der Waals surface area contributed by atoms with E-state index in [0.717, 1.165) is 8.95 Å². The predicted molar refractivity (Wildman–Crippen MR) is 92.7 cm³/mol. The SMILES string of the molecule is Brc1ccc(-c2ccc(Br)cc2-c2ccccc2)cc1. The van der Waals surface area contributed by atoms with Gasteiger partial charge in [0.1, 0.15) is 0 Å². The first-order chi connectivity index (χ1) is 9.74. The van der Waals surface area contributed by atoms with Crippen molar-refractivity contribution in [1.82, 2.24) is 0 Å². The third-order valence-electron chi connectivity index (χ3n) is 3.22. The Morgan fingerprint density at radius 1 is 0.500 bits per heavy atom. The van der Waals surface area contributed by atoms with E-state index in [4.69, 9.17) is 0 Å². The van der Waals surface area contributed by atoms with Crippen molar-refractivity contribution in [3.8, 4) is 22.3 Å². The first-order valence-electron chi connectivity index (χ1n) is 6.35. The average molecular weight is 388 g/mol. The van der Waals surface area contributed by atoms with Crippen molar-refractivity contribution < 1.29 is 0 Å². The smallest absolute Gasteiger partial charge is 0.0181 e. The molecule has 0 heterocycles. The van der Waals surface area contributed by atoms with Gasteiger partial charge in [0.25, 0.3) is 0 Å². The van der Waals surface area contributed by atoms with Gasteiger partial charge in [-0.25, -0.2) is 0 Å². The minimum Gasteiger partial charge on any atom is -0.0622 e. The van der Waals surface area contributed by atoms with Crippen LogP contribution in [-0.2, 0) is 0 Å². The summed E-state index contributed by atoms with van der Waals surface area (Å²) >= 11 is 7.06. The number of rotatable bonds is 2. The van der Waals surface area contributed by atoms with Crippen molar-refractivity contribution in [1.29, 1.82) is 0 Å². The van der Waals surface area contributed by atoms with Crippen LogP contribution in [0.5, 0.6) is 0 Å². The Labute approximate surface area is 135 Å². The number of benzene rings is 3. The van der Waals surface area contributed by atoms with E-state index in [-0.39, 0.29) is 0 Å². The molecule has 3 aromatic rings. The summed E-state index contributed by atoms with van der Waals surface area (Å²) < 4.78 is 2.19. The van der Waals surface area contributed by atoms with Crippen molar-refractivity contribution in [3.63, 3.8) is 0 Å². The summed E-state index contributed by atoms with van der Waals surface area (Å²) in [7, 11) is 0. The number of hydrogen-bond acceptors (Lipinski definition) is 0. The molecule has 0 N–H and O–H groups in total. The molecule has 0 aromatic heterocycles. The van der Waals surface area contributed by atoms with E-state index < -0.39 is 0 Å². The minimum atomic E-state index is 1.09. The van der Waals surface area contributed by atoms with Gasteiger partial charge in [0, 0.05) is 8.95 Å². The molecule has 0 aliphatic heterocycles. The van der Waals surface area contributed by atoms with Crippen molar-refractivity contribution in [2.45, 2.75) is 0 Å². The van der Waals surface area contributed by atoms with Gasteiger partial charge in [-0.1, -0.05) is 80.4 Å². The first kappa shape index (κ1) is 13.6. The van der Waals surface area contributed by atoms with Gasteiger partial charge in [-0.2, -0.15) is 0 Å². The molecule has 98 valence electrons. The second kappa shape index (κ2) is 5.94. The lowest BCUT2D eigenvalue weighted by molar-refractivity contribution is 1.55. The fourth-order valence-electron chi connectivity index (χ4n) is 2.25. The summed E-state index contributed by atoms with van der Waals surface area (Å²) in [6, 6.07) is 25.3. The number of hydrogen-bond donors (Lipinski definition) is 0. The molecule has 0 radical (unpaired) electrons. The van der Waals surface area contributed by atoms with Crippen LogP contribution in [0.2, 0.25) is 0 Å². The summed E-state index contributed by atoms with van der Waals surface area (Å²) in [6.45, 7) is 0. The van der Waals surface area contributed by atoms with E-state index in [1.165, 1.54) is 22.3 Å². The summed E-state index contributed by atoms with van der Waals surface area (Å²) in [5, 5.41) is 0. The van der Waals surface area contributed by atoms with E-state index in [9.17, 15) is 0 Å². The Bertz CT molecular complexity index is 716. The maximum absolute atomic E-state index is 3.57. The predicted octanol–water partition coefficient (Wildman–Crippen LogP) is 6.55. The topological polar surface area (TPSA) is 0 Å². The third kappa shape index (κ3) is 2.87. The Morgan fingerprint density at radius 3 is 1.80 bits per heavy atom. The van der Waals surface area contributed by atoms with E-state index in [0.29, 0.717) is 0 Å². The number of halogens is 2. The highest BCUT2D eigenvalue weighted by atomic mass is 79.9. The van der Waals surface area contributed by atoms with Crippen LogP contribution in [0.4, 0.5) is 0 Å². The van der Waals surface area contributed by atoms with Gasteiger partial charge >= 0.3 is 0 Å². The van der Waals surface area contributed by atoms with Crippen LogP contribution in [0.3, 0.4) is 0 Å². The fraction of sp³-hybridized carbons (Fsp3) is 0. The van der Waals surface area contributed by atoms with E-state index >= 15 is 0 Å². The maximum Gasteiger partial charge on any atom is 0.0181 e. The molecule has 0 atom stereocenters. The van der Waals surface area contributed by atoms with Gasteiger partial charge in [0.05, 0.1) is 0 Å². The zero-order chi connectivity index (χ0) is 13.9. The Kier molecular flexibility index (Phi) is 4.04. The summed E-state index contributed by atoms with van der Waals surface area (Å²) in [4.78, 5) is 0. The van der Waals surface area contributed by atoms with Gasteiger partial charge < -0.3 is 0 Å². The average Bonchev–Trinajstić information content (AvgIpc) is 2.49. The van der Waals surface area contributed by atoms with Crippen LogP contribution in [0.15, 0.2) is 81.7 Å². The van der Waals surface area contributed by atoms with Crippen LogP contribution < -0.4 is 0 Å². The minimum absolute atomic E-state index is 1.09. The zero-order valence-corrected chi connectivity index (χ0v) is 13.9. The van der Waals surface area contributed by atoms with Gasteiger partial charge in [0.15, 0.2) is 0 Å². The summed E-state index contributed by atoms with van der Waals surface area (Å²) in [6.07, 6.45) is 0. The molecule has 3 rings (SSSR count). The van der Waals surface area contributed by atoms with E-state index in [2.05, 4.69) is 98.6 Å². The Balaban J connectivity index is 2.19. The van der Waals surface area contributed by atoms with E-state index in [1.807, 2.05) is 6.07 Å². The maximum atomic E-state index is 3.57. The molecule has 0 unspecified atom stereocenters. The lowest BCUT2D eigenvalue weighted by Gasteiger charge is -2.11. The van der Waals surface area contributed by atoms with Crippen LogP contribution in [0.25, 0.3) is 22.3 Å². The van der Waals surface area contributed by atoms with Gasteiger partial charge in [0.2, 0.25) is 0 Å². The molecular formula is C18H12Br2. The standard InChI is InChI=1S/C18H12Br2/c19-15-8-6-14(7-9-15)17-11-10-16(20)12-18(17)13-4-2-1-3-5-13/h1-12H. The highest BCUT2D eigenvalue weighted by Crippen LogP contribution is 2.34. The lowest BCUT2D eigenvalue weighted by atomic mass is 9.95. The van der Waals surface area contributed by atoms with Crippen LogP contribution in [-0.4, -0.2) is 0 Å². The zero-order valence-electron chi connectivity index (χ0n) is 10.7. The molecule has 0 saturated carbocycles. The Hall–Kier alpha value is -1.38. The molecule has 0 aliphatic rings. The third-order valence-corrected chi connectivity index (χ3v) is 4.24. The van der Waals surface area contributed by atoms with Crippen molar-refractivity contribution in [3.05, 3.63) is 81.7 Å². The molecule has 2 heteroatoms. The van der Waals surface area contributed by atoms with E-state index in [1.54, 1.807) is 0 Å². The second-order valence-corrected chi connectivity index (χ2v) is 6.39. The summed E-state index contributed by atoms with van der Waals surface area (Å²) in [5.41, 5.74) is 4.93. The molecular weight excluding hydrogens is 376 g/mol. The molecule has 0 fully saturated rings. The molecule has 0 nitrogen and oxygen atoms in total. The van der Waals surface area contributed by atoms with Crippen molar-refractivity contribution in [2.24, 2.45) is 0 Å². The van der Waals surface area contributed by atoms with Gasteiger partial charge in [-0.05, 0) is 46.5 Å². The highest BCUT2D eigenvalue weighted by Gasteiger charge is 2.07. The van der Waals surface area contributed by atoms with Crippen LogP contribution >= 0.6 is 31.9 Å². The normalized spacial score (nSPS) is 10.5.